The SMILES string of the molecule is C=C(S)/N=C\NCC(C)(C)CCC. The molecule has 3 heteroatoms. The Kier molecular flexibility index (Phi) is 5.88. The average Bonchev–Trinajstić information content (AvgIpc) is 1.98. The summed E-state index contributed by atoms with van der Waals surface area (Å²) in [5, 5.41) is 3.67. The number of hydrogen-bond donors (Lipinski definition) is 2. The largest absolute Gasteiger partial charge is 0.376 e. The summed E-state index contributed by atoms with van der Waals surface area (Å²) in [4.78, 5) is 3.92. The van der Waals surface area contributed by atoms with Gasteiger partial charge in [0.15, 0.2) is 0 Å². The molecule has 0 aromatic rings. The summed E-state index contributed by atoms with van der Waals surface area (Å²) in [6.45, 7) is 11.2. The van der Waals surface area contributed by atoms with Crippen molar-refractivity contribution in [1.82, 2.24) is 5.32 Å². The van der Waals surface area contributed by atoms with Crippen LogP contribution >= 0.6 is 12.6 Å². The Morgan fingerprint density at radius 3 is 2.69 bits per heavy atom. The third kappa shape index (κ3) is 7.91. The maximum Gasteiger partial charge on any atom is 0.0892 e. The zero-order valence-electron chi connectivity index (χ0n) is 8.80. The van der Waals surface area contributed by atoms with Gasteiger partial charge in [-0.3, -0.25) is 0 Å². The van der Waals surface area contributed by atoms with Crippen LogP contribution in [-0.2, 0) is 0 Å². The fraction of sp³-hybridized carbons (Fsp3) is 0.700. The fourth-order valence-electron chi connectivity index (χ4n) is 1.21. The number of rotatable bonds is 6. The Morgan fingerprint density at radius 1 is 1.62 bits per heavy atom. The molecule has 1 N–H and O–H groups in total. The Morgan fingerprint density at radius 2 is 2.23 bits per heavy atom. The van der Waals surface area contributed by atoms with E-state index in [9.17, 15) is 0 Å². The molecule has 0 heterocycles. The van der Waals surface area contributed by atoms with Gasteiger partial charge in [0, 0.05) is 6.54 Å². The molecular formula is C10H20N2S. The van der Waals surface area contributed by atoms with Gasteiger partial charge in [0.25, 0.3) is 0 Å². The van der Waals surface area contributed by atoms with Crippen molar-refractivity contribution in [2.45, 2.75) is 33.6 Å². The van der Waals surface area contributed by atoms with Crippen molar-refractivity contribution in [2.75, 3.05) is 6.54 Å². The lowest BCUT2D eigenvalue weighted by atomic mass is 9.88. The first-order valence-corrected chi connectivity index (χ1v) is 5.06. The molecule has 0 radical (unpaired) electrons. The van der Waals surface area contributed by atoms with Gasteiger partial charge in [0.1, 0.15) is 0 Å². The highest BCUT2D eigenvalue weighted by Crippen LogP contribution is 2.20. The molecule has 0 atom stereocenters. The summed E-state index contributed by atoms with van der Waals surface area (Å²) >= 11 is 3.95. The van der Waals surface area contributed by atoms with Crippen molar-refractivity contribution < 1.29 is 0 Å². The summed E-state index contributed by atoms with van der Waals surface area (Å²) < 4.78 is 0. The van der Waals surface area contributed by atoms with Gasteiger partial charge in [-0.2, -0.15) is 0 Å². The van der Waals surface area contributed by atoms with E-state index in [0.717, 1.165) is 6.54 Å². The molecule has 0 aromatic heterocycles. The van der Waals surface area contributed by atoms with Crippen LogP contribution in [0.2, 0.25) is 0 Å². The predicted molar refractivity (Wildman–Crippen MR) is 63.3 cm³/mol. The van der Waals surface area contributed by atoms with Crippen molar-refractivity contribution in [3.8, 4) is 0 Å². The zero-order chi connectivity index (χ0) is 10.3. The van der Waals surface area contributed by atoms with Crippen molar-refractivity contribution in [3.63, 3.8) is 0 Å². The minimum atomic E-state index is 0.332. The third-order valence-corrected chi connectivity index (χ3v) is 1.93. The highest BCUT2D eigenvalue weighted by Gasteiger charge is 2.14. The second-order valence-corrected chi connectivity index (χ2v) is 4.49. The molecule has 0 amide bonds. The highest BCUT2D eigenvalue weighted by molar-refractivity contribution is 7.84. The van der Waals surface area contributed by atoms with E-state index in [0.29, 0.717) is 10.4 Å². The normalized spacial score (nSPS) is 12.0. The van der Waals surface area contributed by atoms with Crippen molar-refractivity contribution in [3.05, 3.63) is 11.6 Å². The molecule has 0 unspecified atom stereocenters. The summed E-state index contributed by atoms with van der Waals surface area (Å²) in [5.41, 5.74) is 0.332. The van der Waals surface area contributed by atoms with Crippen LogP contribution in [0.5, 0.6) is 0 Å². The van der Waals surface area contributed by atoms with Crippen molar-refractivity contribution in [1.29, 1.82) is 0 Å². The van der Waals surface area contributed by atoms with Gasteiger partial charge in [-0.25, -0.2) is 4.99 Å². The predicted octanol–water partition coefficient (Wildman–Crippen LogP) is 2.83. The van der Waals surface area contributed by atoms with Gasteiger partial charge < -0.3 is 5.32 Å². The Hall–Kier alpha value is -0.440. The van der Waals surface area contributed by atoms with Crippen LogP contribution in [0.1, 0.15) is 33.6 Å². The van der Waals surface area contributed by atoms with E-state index in [1.54, 1.807) is 6.34 Å². The van der Waals surface area contributed by atoms with E-state index < -0.39 is 0 Å². The van der Waals surface area contributed by atoms with E-state index >= 15 is 0 Å². The first kappa shape index (κ1) is 12.6. The summed E-state index contributed by atoms with van der Waals surface area (Å²) in [6, 6.07) is 0. The van der Waals surface area contributed by atoms with Gasteiger partial charge in [0.05, 0.1) is 11.4 Å². The Balaban J connectivity index is 3.68. The molecule has 0 saturated heterocycles. The van der Waals surface area contributed by atoms with Gasteiger partial charge in [-0.15, -0.1) is 12.6 Å². The van der Waals surface area contributed by atoms with E-state index in [1.807, 2.05) is 0 Å². The van der Waals surface area contributed by atoms with Crippen LogP contribution in [-0.4, -0.2) is 12.9 Å². The van der Waals surface area contributed by atoms with Crippen LogP contribution in [0.4, 0.5) is 0 Å². The van der Waals surface area contributed by atoms with Crippen LogP contribution < -0.4 is 5.32 Å². The Bertz CT molecular complexity index is 185. The van der Waals surface area contributed by atoms with E-state index in [2.05, 4.69) is 50.3 Å². The topological polar surface area (TPSA) is 24.4 Å². The maximum atomic E-state index is 3.95. The zero-order valence-corrected chi connectivity index (χ0v) is 9.69. The maximum absolute atomic E-state index is 3.95. The van der Waals surface area contributed by atoms with Crippen molar-refractivity contribution >= 4 is 19.0 Å². The fourth-order valence-corrected chi connectivity index (χ4v) is 1.26. The van der Waals surface area contributed by atoms with E-state index in [4.69, 9.17) is 0 Å². The number of hydrogen-bond acceptors (Lipinski definition) is 2. The van der Waals surface area contributed by atoms with Crippen LogP contribution in [0, 0.1) is 5.41 Å². The molecule has 0 spiro atoms. The number of thiol groups is 1. The van der Waals surface area contributed by atoms with Crippen LogP contribution in [0.15, 0.2) is 16.6 Å². The molecule has 0 saturated carbocycles. The lowest BCUT2D eigenvalue weighted by Crippen LogP contribution is -2.28. The van der Waals surface area contributed by atoms with Gasteiger partial charge in [-0.05, 0) is 11.8 Å². The van der Waals surface area contributed by atoms with E-state index in [-0.39, 0.29) is 0 Å². The smallest absolute Gasteiger partial charge is 0.0892 e. The molecule has 0 aliphatic rings. The van der Waals surface area contributed by atoms with Gasteiger partial charge in [-0.1, -0.05) is 33.8 Å². The second kappa shape index (κ2) is 6.08. The quantitative estimate of drug-likeness (QED) is 0.384. The van der Waals surface area contributed by atoms with Crippen LogP contribution in [0.3, 0.4) is 0 Å². The summed E-state index contributed by atoms with van der Waals surface area (Å²) in [5.74, 6) is 0. The highest BCUT2D eigenvalue weighted by atomic mass is 32.1. The molecule has 13 heavy (non-hydrogen) atoms. The minimum Gasteiger partial charge on any atom is -0.376 e. The molecule has 76 valence electrons. The second-order valence-electron chi connectivity index (χ2n) is 3.97. The van der Waals surface area contributed by atoms with Gasteiger partial charge in [0.2, 0.25) is 0 Å². The number of nitrogens with one attached hydrogen (secondary N) is 1. The van der Waals surface area contributed by atoms with Gasteiger partial charge >= 0.3 is 0 Å². The average molecular weight is 200 g/mol. The first-order valence-electron chi connectivity index (χ1n) is 4.62. The summed E-state index contributed by atoms with van der Waals surface area (Å²) in [7, 11) is 0. The molecule has 0 bridgehead atoms. The van der Waals surface area contributed by atoms with Crippen LogP contribution in [0.25, 0.3) is 0 Å². The monoisotopic (exact) mass is 200 g/mol. The summed E-state index contributed by atoms with van der Waals surface area (Å²) in [6.07, 6.45) is 4.09. The molecular weight excluding hydrogens is 180 g/mol. The number of nitrogens with zero attached hydrogens (tertiary/aromatic N) is 1. The molecule has 0 rings (SSSR count). The lowest BCUT2D eigenvalue weighted by Gasteiger charge is -2.23. The first-order chi connectivity index (χ1) is 5.98. The molecule has 0 aromatic carbocycles. The lowest BCUT2D eigenvalue weighted by molar-refractivity contribution is 0.331. The molecule has 0 aliphatic heterocycles. The number of aliphatic imine (C=N–C) groups is 1. The van der Waals surface area contributed by atoms with E-state index in [1.165, 1.54) is 12.8 Å². The molecule has 0 fully saturated rings. The molecule has 2 nitrogen and oxygen atoms in total. The molecule has 0 aliphatic carbocycles. The standard InChI is InChI=1S/C10H20N2S/c1-5-6-10(3,4)7-11-8-12-9(2)13/h8,13H,2,5-7H2,1,3-4H3,(H,11,12). The van der Waals surface area contributed by atoms with Crippen molar-refractivity contribution in [2.24, 2.45) is 10.4 Å². The third-order valence-electron chi connectivity index (χ3n) is 1.81. The Labute approximate surface area is 86.9 Å². The minimum absolute atomic E-state index is 0.332.